The third-order valence-electron chi connectivity index (χ3n) is 2.96. The van der Waals surface area contributed by atoms with E-state index in [0.717, 1.165) is 11.4 Å². The van der Waals surface area contributed by atoms with Crippen LogP contribution in [0, 0.1) is 0 Å². The molecule has 0 bridgehead atoms. The highest BCUT2D eigenvalue weighted by Crippen LogP contribution is 2.31. The summed E-state index contributed by atoms with van der Waals surface area (Å²) in [4.78, 5) is 24.2. The van der Waals surface area contributed by atoms with E-state index < -0.39 is 17.9 Å². The Hall–Kier alpha value is -1.21. The van der Waals surface area contributed by atoms with Crippen LogP contribution in [0.15, 0.2) is 22.7 Å². The summed E-state index contributed by atoms with van der Waals surface area (Å²) in [6.07, 6.45) is 0. The largest absolute Gasteiger partial charge is 0.480 e. The van der Waals surface area contributed by atoms with Crippen molar-refractivity contribution in [3.63, 3.8) is 0 Å². The normalized spacial score (nSPS) is 19.2. The van der Waals surface area contributed by atoms with E-state index in [1.807, 2.05) is 4.90 Å². The number of hydrogen-bond donors (Lipinski definition) is 2. The van der Waals surface area contributed by atoms with Gasteiger partial charge in [0, 0.05) is 28.1 Å². The summed E-state index contributed by atoms with van der Waals surface area (Å²) in [6, 6.07) is 4.42. The number of halogens is 1. The molecular weight excluding hydrogens is 332 g/mol. The monoisotopic (exact) mass is 344 g/mol. The number of nitrogens with two attached hydrogens (primary N) is 1. The molecule has 1 aromatic carbocycles. The summed E-state index contributed by atoms with van der Waals surface area (Å²) in [5.41, 5.74) is 6.39. The van der Waals surface area contributed by atoms with Crippen molar-refractivity contribution in [1.29, 1.82) is 0 Å². The van der Waals surface area contributed by atoms with Crippen LogP contribution in [0.2, 0.25) is 0 Å². The van der Waals surface area contributed by atoms with Crippen molar-refractivity contribution >= 4 is 45.3 Å². The van der Waals surface area contributed by atoms with Crippen molar-refractivity contribution in [2.24, 2.45) is 5.73 Å². The van der Waals surface area contributed by atoms with Crippen LogP contribution in [0.25, 0.3) is 0 Å². The number of amides is 1. The summed E-state index contributed by atoms with van der Waals surface area (Å²) in [6.45, 7) is 0.663. The Bertz CT molecular complexity index is 524. The van der Waals surface area contributed by atoms with Crippen LogP contribution < -0.4 is 10.6 Å². The lowest BCUT2D eigenvalue weighted by atomic mass is 10.1. The molecule has 3 N–H and O–H groups in total. The minimum atomic E-state index is -0.835. The van der Waals surface area contributed by atoms with Gasteiger partial charge in [-0.05, 0) is 34.1 Å². The molecule has 1 heterocycles. The van der Waals surface area contributed by atoms with Crippen LogP contribution in [0.1, 0.15) is 10.4 Å². The third-order valence-corrected chi connectivity index (χ3v) is 4.61. The molecule has 1 aromatic rings. The van der Waals surface area contributed by atoms with Gasteiger partial charge in [0.15, 0.2) is 0 Å². The van der Waals surface area contributed by atoms with Gasteiger partial charge in [-0.15, -0.1) is 0 Å². The van der Waals surface area contributed by atoms with Gasteiger partial charge >= 0.3 is 5.97 Å². The van der Waals surface area contributed by atoms with E-state index in [1.54, 1.807) is 30.0 Å². The molecule has 0 aromatic heterocycles. The molecule has 1 unspecified atom stereocenters. The number of rotatable bonds is 3. The quantitative estimate of drug-likeness (QED) is 0.869. The Morgan fingerprint density at radius 2 is 2.21 bits per heavy atom. The van der Waals surface area contributed by atoms with Crippen LogP contribution in [0.5, 0.6) is 0 Å². The molecule has 5 nitrogen and oxygen atoms in total. The lowest BCUT2D eigenvalue weighted by Gasteiger charge is -2.35. The molecule has 102 valence electrons. The lowest BCUT2D eigenvalue weighted by Crippen LogP contribution is -2.47. The highest BCUT2D eigenvalue weighted by atomic mass is 79.9. The van der Waals surface area contributed by atoms with Crippen LogP contribution in [0.3, 0.4) is 0 Å². The summed E-state index contributed by atoms with van der Waals surface area (Å²) < 4.78 is 0.682. The zero-order chi connectivity index (χ0) is 14.0. The number of benzene rings is 1. The zero-order valence-corrected chi connectivity index (χ0v) is 12.4. The predicted molar refractivity (Wildman–Crippen MR) is 78.8 cm³/mol. The van der Waals surface area contributed by atoms with Gasteiger partial charge in [0.1, 0.15) is 6.04 Å². The van der Waals surface area contributed by atoms with E-state index in [1.165, 1.54) is 0 Å². The van der Waals surface area contributed by atoms with Crippen LogP contribution >= 0.6 is 27.7 Å². The molecule has 1 fully saturated rings. The number of aliphatic carboxylic acids is 1. The van der Waals surface area contributed by atoms with Gasteiger partial charge in [0.2, 0.25) is 5.91 Å². The van der Waals surface area contributed by atoms with E-state index in [9.17, 15) is 14.7 Å². The number of anilines is 1. The fourth-order valence-electron chi connectivity index (χ4n) is 1.99. The molecule has 1 amide bonds. The first-order valence-electron chi connectivity index (χ1n) is 5.67. The summed E-state index contributed by atoms with van der Waals surface area (Å²) in [5, 5.41) is 9.26. The van der Waals surface area contributed by atoms with E-state index in [4.69, 9.17) is 5.73 Å². The van der Waals surface area contributed by atoms with Crippen molar-refractivity contribution in [2.75, 3.05) is 23.0 Å². The van der Waals surface area contributed by atoms with Gasteiger partial charge in [0.25, 0.3) is 0 Å². The molecule has 19 heavy (non-hydrogen) atoms. The zero-order valence-electron chi connectivity index (χ0n) is 10.0. The van der Waals surface area contributed by atoms with E-state index in [-0.39, 0.29) is 0 Å². The summed E-state index contributed by atoms with van der Waals surface area (Å²) >= 11 is 5.01. The minimum absolute atomic E-state index is 0.397. The Labute approximate surface area is 123 Å². The fourth-order valence-corrected chi connectivity index (χ4v) is 3.63. The number of carboxylic acids is 1. The first-order valence-corrected chi connectivity index (χ1v) is 7.62. The number of hydrogen-bond acceptors (Lipinski definition) is 4. The maximum atomic E-state index is 11.3. The van der Waals surface area contributed by atoms with Crippen LogP contribution in [0.4, 0.5) is 5.69 Å². The topological polar surface area (TPSA) is 83.6 Å². The molecule has 2 rings (SSSR count). The van der Waals surface area contributed by atoms with Crippen molar-refractivity contribution in [3.05, 3.63) is 28.2 Å². The van der Waals surface area contributed by atoms with Crippen molar-refractivity contribution in [2.45, 2.75) is 6.04 Å². The molecule has 0 aliphatic carbocycles. The van der Waals surface area contributed by atoms with Crippen molar-refractivity contribution in [1.82, 2.24) is 0 Å². The molecule has 1 aliphatic rings. The van der Waals surface area contributed by atoms with Gasteiger partial charge in [-0.2, -0.15) is 11.8 Å². The summed E-state index contributed by atoms with van der Waals surface area (Å²) in [7, 11) is 0. The molecule has 1 atom stereocenters. The number of primary amides is 1. The number of carbonyl (C=O) groups excluding carboxylic acids is 1. The molecule has 1 aliphatic heterocycles. The summed E-state index contributed by atoms with van der Waals surface area (Å²) in [5.74, 6) is 0.0990. The highest BCUT2D eigenvalue weighted by molar-refractivity contribution is 9.10. The number of nitrogens with zero attached hydrogens (tertiary/aromatic N) is 1. The van der Waals surface area contributed by atoms with Crippen molar-refractivity contribution in [3.8, 4) is 0 Å². The minimum Gasteiger partial charge on any atom is -0.480 e. The van der Waals surface area contributed by atoms with Gasteiger partial charge in [-0.3, -0.25) is 4.79 Å². The predicted octanol–water partition coefficient (Wildman–Crippen LogP) is 1.55. The maximum Gasteiger partial charge on any atom is 0.327 e. The number of carboxylic acid groups (broad SMARTS) is 1. The van der Waals surface area contributed by atoms with Crippen molar-refractivity contribution < 1.29 is 14.7 Å². The molecule has 0 saturated carbocycles. The Morgan fingerprint density at radius 3 is 2.79 bits per heavy atom. The average molecular weight is 345 g/mol. The third kappa shape index (κ3) is 3.03. The van der Waals surface area contributed by atoms with Gasteiger partial charge in [0.05, 0.1) is 5.69 Å². The SMILES string of the molecule is NC(=O)c1ccc(N2CCSCC2C(=O)O)c(Br)c1. The number of carbonyl (C=O) groups is 2. The van der Waals surface area contributed by atoms with Gasteiger partial charge < -0.3 is 15.7 Å². The molecule has 0 radical (unpaired) electrons. The highest BCUT2D eigenvalue weighted by Gasteiger charge is 2.30. The second kappa shape index (κ2) is 5.83. The Morgan fingerprint density at radius 1 is 1.47 bits per heavy atom. The first-order chi connectivity index (χ1) is 9.00. The first kappa shape index (κ1) is 14.2. The second-order valence-corrected chi connectivity index (χ2v) is 6.16. The van der Waals surface area contributed by atoms with E-state index in [0.29, 0.717) is 22.3 Å². The molecule has 7 heteroatoms. The van der Waals surface area contributed by atoms with Gasteiger partial charge in [-0.25, -0.2) is 4.79 Å². The van der Waals surface area contributed by atoms with E-state index >= 15 is 0 Å². The molecular formula is C12H13BrN2O3S. The molecule has 0 spiro atoms. The number of thioether (sulfide) groups is 1. The van der Waals surface area contributed by atoms with Gasteiger partial charge in [-0.1, -0.05) is 0 Å². The Kier molecular flexibility index (Phi) is 4.36. The molecule has 1 saturated heterocycles. The lowest BCUT2D eigenvalue weighted by molar-refractivity contribution is -0.138. The standard InChI is InChI=1S/C12H13BrN2O3S/c13-8-5-7(11(14)16)1-2-9(8)15-3-4-19-6-10(15)12(17)18/h1-2,5,10H,3-4,6H2,(H2,14,16)(H,17,18). The Balaban J connectivity index is 2.34. The van der Waals surface area contributed by atoms with Crippen LogP contribution in [-0.2, 0) is 4.79 Å². The second-order valence-electron chi connectivity index (χ2n) is 4.15. The smallest absolute Gasteiger partial charge is 0.327 e. The average Bonchev–Trinajstić information content (AvgIpc) is 2.38. The fraction of sp³-hybridized carbons (Fsp3) is 0.333. The van der Waals surface area contributed by atoms with Crippen LogP contribution in [-0.4, -0.2) is 41.1 Å². The van der Waals surface area contributed by atoms with E-state index in [2.05, 4.69) is 15.9 Å². The maximum absolute atomic E-state index is 11.3.